The van der Waals surface area contributed by atoms with E-state index in [0.717, 1.165) is 0 Å². The monoisotopic (exact) mass is 572 g/mol. The van der Waals surface area contributed by atoms with Crippen LogP contribution in [0, 0.1) is 11.8 Å². The highest BCUT2D eigenvalue weighted by molar-refractivity contribution is 5.95. The Morgan fingerprint density at radius 2 is 1.15 bits per heavy atom. The second-order valence-corrected chi connectivity index (χ2v) is 10.8. The Labute approximate surface area is 235 Å². The Kier molecular flexibility index (Phi) is 17.4. The molecule has 0 aromatic rings. The van der Waals surface area contributed by atoms with E-state index in [0.29, 0.717) is 19.4 Å². The lowest BCUT2D eigenvalue weighted by atomic mass is 10.0. The fourth-order valence-electron chi connectivity index (χ4n) is 3.79. The number of nitrogens with one attached hydrogen (secondary N) is 4. The first-order valence-electron chi connectivity index (χ1n) is 13.7. The third-order valence-corrected chi connectivity index (χ3v) is 6.00. The second kappa shape index (κ2) is 18.9. The summed E-state index contributed by atoms with van der Waals surface area (Å²) in [7, 11) is 0. The molecule has 14 nitrogen and oxygen atoms in total. The van der Waals surface area contributed by atoms with Crippen molar-refractivity contribution in [1.82, 2.24) is 21.3 Å². The van der Waals surface area contributed by atoms with Crippen LogP contribution in [0.15, 0.2) is 0 Å². The molecule has 5 atom stereocenters. The number of carbonyl (C=O) groups excluding carboxylic acids is 4. The van der Waals surface area contributed by atoms with Crippen LogP contribution in [0.3, 0.4) is 0 Å². The Bertz CT molecular complexity index is 866. The van der Waals surface area contributed by atoms with Gasteiger partial charge in [-0.05, 0) is 63.8 Å². The number of carbonyl (C=O) groups is 6. The zero-order chi connectivity index (χ0) is 31.0. The van der Waals surface area contributed by atoms with Crippen LogP contribution in [0.1, 0.15) is 79.6 Å². The molecule has 230 valence electrons. The van der Waals surface area contributed by atoms with Crippen molar-refractivity contribution in [3.05, 3.63) is 0 Å². The van der Waals surface area contributed by atoms with E-state index >= 15 is 0 Å². The van der Waals surface area contributed by atoms with Crippen molar-refractivity contribution in [3.8, 4) is 0 Å². The van der Waals surface area contributed by atoms with E-state index in [-0.39, 0.29) is 43.9 Å². The lowest BCUT2D eigenvalue weighted by Gasteiger charge is -2.26. The molecular weight excluding hydrogens is 524 g/mol. The Morgan fingerprint density at radius 3 is 1.65 bits per heavy atom. The van der Waals surface area contributed by atoms with Crippen molar-refractivity contribution in [2.45, 2.75) is 110 Å². The first-order chi connectivity index (χ1) is 18.6. The Hall–Kier alpha value is -3.26. The van der Waals surface area contributed by atoms with Crippen molar-refractivity contribution < 1.29 is 39.0 Å². The van der Waals surface area contributed by atoms with Gasteiger partial charge in [0.2, 0.25) is 23.6 Å². The molecule has 0 aliphatic heterocycles. The number of aliphatic carboxylic acids is 2. The average Bonchev–Trinajstić information content (AvgIpc) is 2.84. The summed E-state index contributed by atoms with van der Waals surface area (Å²) in [6, 6.07) is -5.44. The van der Waals surface area contributed by atoms with Crippen LogP contribution >= 0.6 is 0 Å². The maximum Gasteiger partial charge on any atom is 0.326 e. The smallest absolute Gasteiger partial charge is 0.326 e. The summed E-state index contributed by atoms with van der Waals surface area (Å²) in [5, 5.41) is 28.4. The van der Waals surface area contributed by atoms with Gasteiger partial charge in [0.05, 0.1) is 6.04 Å². The number of carboxylic acid groups (broad SMARTS) is 2. The lowest BCUT2D eigenvalue weighted by Crippen LogP contribution is -2.58. The molecule has 0 radical (unpaired) electrons. The van der Waals surface area contributed by atoms with Gasteiger partial charge in [-0.3, -0.25) is 24.0 Å². The maximum atomic E-state index is 13.0. The van der Waals surface area contributed by atoms with E-state index in [9.17, 15) is 33.9 Å². The topological polar surface area (TPSA) is 243 Å². The minimum Gasteiger partial charge on any atom is -0.481 e. The lowest BCUT2D eigenvalue weighted by molar-refractivity contribution is -0.143. The van der Waals surface area contributed by atoms with Crippen LogP contribution in [-0.2, 0) is 28.8 Å². The first kappa shape index (κ1) is 36.7. The molecule has 0 fully saturated rings. The van der Waals surface area contributed by atoms with Crippen LogP contribution < -0.4 is 32.7 Å². The molecule has 0 aliphatic rings. The van der Waals surface area contributed by atoms with Gasteiger partial charge in [0, 0.05) is 6.42 Å². The van der Waals surface area contributed by atoms with Gasteiger partial charge < -0.3 is 42.9 Å². The Balaban J connectivity index is 5.43. The molecule has 0 unspecified atom stereocenters. The minimum atomic E-state index is -1.18. The number of rotatable bonds is 20. The van der Waals surface area contributed by atoms with Crippen molar-refractivity contribution >= 4 is 35.6 Å². The van der Waals surface area contributed by atoms with E-state index in [1.807, 2.05) is 27.7 Å². The molecule has 0 saturated heterocycles. The third-order valence-electron chi connectivity index (χ3n) is 6.00. The third kappa shape index (κ3) is 15.4. The van der Waals surface area contributed by atoms with Gasteiger partial charge in [-0.1, -0.05) is 27.7 Å². The van der Waals surface area contributed by atoms with Crippen LogP contribution in [0.5, 0.6) is 0 Å². The van der Waals surface area contributed by atoms with Gasteiger partial charge >= 0.3 is 11.9 Å². The number of unbranched alkanes of at least 4 members (excludes halogenated alkanes) is 1. The number of carboxylic acids is 2. The number of amides is 4. The predicted molar refractivity (Wildman–Crippen MR) is 148 cm³/mol. The van der Waals surface area contributed by atoms with Crippen molar-refractivity contribution in [2.75, 3.05) is 6.54 Å². The van der Waals surface area contributed by atoms with E-state index in [1.54, 1.807) is 0 Å². The van der Waals surface area contributed by atoms with Gasteiger partial charge in [0.25, 0.3) is 0 Å². The molecule has 10 N–H and O–H groups in total. The van der Waals surface area contributed by atoms with Crippen LogP contribution in [-0.4, -0.2) is 82.5 Å². The van der Waals surface area contributed by atoms with Crippen molar-refractivity contribution in [3.63, 3.8) is 0 Å². The molecule has 0 aliphatic carbocycles. The zero-order valence-electron chi connectivity index (χ0n) is 24.2. The van der Waals surface area contributed by atoms with Crippen LogP contribution in [0.2, 0.25) is 0 Å². The summed E-state index contributed by atoms with van der Waals surface area (Å²) in [5.74, 6) is -4.97. The molecule has 0 aromatic heterocycles. The van der Waals surface area contributed by atoms with Gasteiger partial charge in [0.15, 0.2) is 0 Å². The standard InChI is InChI=1S/C26H48N6O8/c1-14(2)12-19(31-23(36)17(28)9-10-21(33)34)25(38)29-16(5)22(35)30-18(8-6-7-11-27)24(37)32-20(26(39)40)13-15(3)4/h14-20H,6-13,27-28H2,1-5H3,(H,29,38)(H,30,35)(H,31,36)(H,32,37)(H,33,34)(H,39,40)/t16-,17-,18-,19-,20-/m0/s1. The predicted octanol–water partition coefficient (Wildman–Crippen LogP) is -0.557. The minimum absolute atomic E-state index is 0.00733. The molecule has 0 heterocycles. The van der Waals surface area contributed by atoms with Gasteiger partial charge in [-0.25, -0.2) is 4.79 Å². The molecule has 0 aromatic carbocycles. The summed E-state index contributed by atoms with van der Waals surface area (Å²) in [6.07, 6.45) is 1.33. The second-order valence-electron chi connectivity index (χ2n) is 10.8. The highest BCUT2D eigenvalue weighted by atomic mass is 16.4. The summed E-state index contributed by atoms with van der Waals surface area (Å²) >= 11 is 0. The van der Waals surface area contributed by atoms with Crippen molar-refractivity contribution in [2.24, 2.45) is 23.3 Å². The van der Waals surface area contributed by atoms with E-state index in [4.69, 9.17) is 16.6 Å². The Morgan fingerprint density at radius 1 is 0.650 bits per heavy atom. The summed E-state index contributed by atoms with van der Waals surface area (Å²) in [4.78, 5) is 73.6. The summed E-state index contributed by atoms with van der Waals surface area (Å²) < 4.78 is 0. The highest BCUT2D eigenvalue weighted by Crippen LogP contribution is 2.09. The maximum absolute atomic E-state index is 13.0. The SMILES string of the molecule is CC(C)C[C@H](NC(=O)[C@H](CCCCN)NC(=O)[C@H](C)NC(=O)[C@H](CC(C)C)NC(=O)[C@@H](N)CCC(=O)O)C(=O)O. The molecule has 40 heavy (non-hydrogen) atoms. The van der Waals surface area contributed by atoms with Crippen LogP contribution in [0.4, 0.5) is 0 Å². The number of hydrogen-bond donors (Lipinski definition) is 8. The molecule has 0 saturated carbocycles. The first-order valence-corrected chi connectivity index (χ1v) is 13.7. The molecule has 0 bridgehead atoms. The molecular formula is C26H48N6O8. The average molecular weight is 573 g/mol. The quantitative estimate of drug-likeness (QED) is 0.0864. The summed E-state index contributed by atoms with van der Waals surface area (Å²) in [6.45, 7) is 9.11. The normalized spacial score (nSPS) is 14.9. The molecule has 14 heteroatoms. The highest BCUT2D eigenvalue weighted by Gasteiger charge is 2.30. The number of nitrogens with two attached hydrogens (primary N) is 2. The fourth-order valence-corrected chi connectivity index (χ4v) is 3.79. The molecule has 0 rings (SSSR count). The summed E-state index contributed by atoms with van der Waals surface area (Å²) in [5.41, 5.74) is 11.3. The van der Waals surface area contributed by atoms with Gasteiger partial charge in [-0.2, -0.15) is 0 Å². The fraction of sp³-hybridized carbons (Fsp3) is 0.769. The van der Waals surface area contributed by atoms with Gasteiger partial charge in [0.1, 0.15) is 24.2 Å². The largest absolute Gasteiger partial charge is 0.481 e. The van der Waals surface area contributed by atoms with Crippen LogP contribution in [0.25, 0.3) is 0 Å². The van der Waals surface area contributed by atoms with Crippen molar-refractivity contribution in [1.29, 1.82) is 0 Å². The number of hydrogen-bond acceptors (Lipinski definition) is 8. The zero-order valence-corrected chi connectivity index (χ0v) is 24.2. The van der Waals surface area contributed by atoms with E-state index < -0.39 is 65.8 Å². The molecule has 4 amide bonds. The van der Waals surface area contributed by atoms with E-state index in [2.05, 4.69) is 21.3 Å². The molecule has 0 spiro atoms. The van der Waals surface area contributed by atoms with E-state index in [1.165, 1.54) is 6.92 Å². The van der Waals surface area contributed by atoms with Gasteiger partial charge in [-0.15, -0.1) is 0 Å².